The van der Waals surface area contributed by atoms with E-state index in [4.69, 9.17) is 15.3 Å². The fourth-order valence-corrected chi connectivity index (χ4v) is 9.60. The number of carboxylic acid groups (broad SMARTS) is 1. The van der Waals surface area contributed by atoms with Crippen molar-refractivity contribution in [3.8, 4) is 52.5 Å². The number of nitriles is 2. The van der Waals surface area contributed by atoms with Gasteiger partial charge in [-0.05, 0) is 102 Å². The zero-order chi connectivity index (χ0) is 36.7. The van der Waals surface area contributed by atoms with Crippen molar-refractivity contribution in [3.05, 3.63) is 148 Å². The maximum atomic E-state index is 11.2. The van der Waals surface area contributed by atoms with Gasteiger partial charge < -0.3 is 14.7 Å². The first-order valence-electron chi connectivity index (χ1n) is 16.0. The van der Waals surface area contributed by atoms with Gasteiger partial charge in [0.2, 0.25) is 5.76 Å². The summed E-state index contributed by atoms with van der Waals surface area (Å²) in [6.07, 6.45) is 2.96. The third kappa shape index (κ3) is 7.95. The predicted molar refractivity (Wildman–Crippen MR) is 216 cm³/mol. The summed E-state index contributed by atoms with van der Waals surface area (Å²) in [4.78, 5) is 32.1. The zero-order valence-corrected chi connectivity index (χ0v) is 30.8. The summed E-state index contributed by atoms with van der Waals surface area (Å²) in [5.74, 6) is -1.28. The molecule has 0 bridgehead atoms. The molecule has 7 nitrogen and oxygen atoms in total. The number of ether oxygens (including phenoxy) is 1. The highest BCUT2D eigenvalue weighted by molar-refractivity contribution is 7.24. The van der Waals surface area contributed by atoms with Crippen LogP contribution in [0.1, 0.15) is 9.75 Å². The van der Waals surface area contributed by atoms with E-state index in [1.165, 1.54) is 28.7 Å². The van der Waals surface area contributed by atoms with Crippen LogP contribution in [-0.4, -0.2) is 17.5 Å². The average molecular weight is 764 g/mol. The summed E-state index contributed by atoms with van der Waals surface area (Å²) in [5.41, 5.74) is 4.98. The number of nitrogens with zero attached hydrogens (tertiary/aromatic N) is 3. The number of carbonyl (C=O) groups excluding carboxylic acids is 1. The Morgan fingerprint density at radius 1 is 0.566 bits per heavy atom. The molecule has 0 saturated carbocycles. The van der Waals surface area contributed by atoms with Crippen LogP contribution in [0.5, 0.6) is 0 Å². The molecule has 3 aromatic carbocycles. The van der Waals surface area contributed by atoms with Crippen LogP contribution in [0.3, 0.4) is 0 Å². The Bertz CT molecular complexity index is 2560. The van der Waals surface area contributed by atoms with Gasteiger partial charge in [-0.25, -0.2) is 4.79 Å². The van der Waals surface area contributed by atoms with E-state index in [1.807, 2.05) is 48.5 Å². The van der Waals surface area contributed by atoms with Gasteiger partial charge in [0, 0.05) is 62.2 Å². The van der Waals surface area contributed by atoms with Gasteiger partial charge in [-0.1, -0.05) is 42.5 Å². The highest BCUT2D eigenvalue weighted by atomic mass is 32.1. The minimum Gasteiger partial charge on any atom is -0.477 e. The zero-order valence-electron chi connectivity index (χ0n) is 27.5. The van der Waals surface area contributed by atoms with Crippen LogP contribution in [0, 0.1) is 22.7 Å². The van der Waals surface area contributed by atoms with E-state index in [0.717, 1.165) is 62.3 Å². The first-order chi connectivity index (χ1) is 25.9. The Hall–Kier alpha value is -6.34. The molecule has 0 aliphatic carbocycles. The minimum atomic E-state index is -1.23. The Labute approximate surface area is 321 Å². The Morgan fingerprint density at radius 2 is 1.02 bits per heavy atom. The first-order valence-corrected chi connectivity index (χ1v) is 19.2. The molecule has 0 spiro atoms. The number of aliphatic carboxylic acids is 1. The van der Waals surface area contributed by atoms with Crippen molar-refractivity contribution in [2.24, 2.45) is 0 Å². The van der Waals surface area contributed by atoms with Crippen LogP contribution in [0.2, 0.25) is 0 Å². The molecule has 0 aliphatic heterocycles. The van der Waals surface area contributed by atoms with Crippen molar-refractivity contribution in [3.63, 3.8) is 0 Å². The van der Waals surface area contributed by atoms with Gasteiger partial charge in [0.15, 0.2) is 0 Å². The van der Waals surface area contributed by atoms with Crippen LogP contribution < -0.4 is 4.90 Å². The van der Waals surface area contributed by atoms with Crippen molar-refractivity contribution in [1.82, 2.24) is 0 Å². The number of hydrogen-bond donors (Lipinski definition) is 1. The van der Waals surface area contributed by atoms with Gasteiger partial charge in [-0.3, -0.25) is 4.79 Å². The number of para-hydroxylation sites is 1. The molecule has 53 heavy (non-hydrogen) atoms. The van der Waals surface area contributed by atoms with E-state index in [9.17, 15) is 14.7 Å². The summed E-state index contributed by atoms with van der Waals surface area (Å²) in [7, 11) is 0. The summed E-state index contributed by atoms with van der Waals surface area (Å²) in [6, 6.07) is 46.9. The highest BCUT2D eigenvalue weighted by Gasteiger charge is 2.15. The molecular formula is C42H25N3O4S4. The molecule has 0 saturated heterocycles. The third-order valence-electron chi connectivity index (χ3n) is 7.98. The van der Waals surface area contributed by atoms with Crippen molar-refractivity contribution < 1.29 is 19.4 Å². The third-order valence-corrected chi connectivity index (χ3v) is 12.7. The fraction of sp³-hybridized carbons (Fsp3) is 0. The molecule has 4 aromatic heterocycles. The number of allylic oxidation sites excluding steroid dienone is 1. The van der Waals surface area contributed by atoms with E-state index in [2.05, 4.69) is 89.8 Å². The molecule has 7 rings (SSSR count). The Balaban J connectivity index is 1.10. The standard InChI is InChI=1S/C42H25N3O4S4/c43-24-29(42(47)48)22-34-14-16-38(50-34)40-20-18-36(52-40)27-6-10-31(11-7-27)45(30-4-2-1-3-5-30)32-12-8-28(9-13-32)37-19-21-41(53-37)39-17-15-35(51-39)23-33(25-44)49-26-46/h1-23,26H,(H,47,48). The van der Waals surface area contributed by atoms with Crippen molar-refractivity contribution in [2.45, 2.75) is 0 Å². The average Bonchev–Trinajstić information content (AvgIpc) is 4.02. The molecule has 0 aliphatic rings. The summed E-state index contributed by atoms with van der Waals surface area (Å²) in [5, 5.41) is 27.5. The van der Waals surface area contributed by atoms with Gasteiger partial charge in [0.25, 0.3) is 6.47 Å². The molecule has 11 heteroatoms. The first kappa shape index (κ1) is 35.1. The molecule has 0 fully saturated rings. The van der Waals surface area contributed by atoms with Gasteiger partial charge >= 0.3 is 5.97 Å². The molecule has 0 atom stereocenters. The SMILES string of the molecule is N#CC(=Cc1ccc(-c2ccc(-c3ccc(N(c4ccccc4)c4ccc(-c5ccc(-c6ccc(C=C(C#N)C(=O)O)s6)s5)cc4)cc3)s2)s1)OC=O. The summed E-state index contributed by atoms with van der Waals surface area (Å²) in [6.45, 7) is 0.252. The minimum absolute atomic E-state index is 0.0465. The molecular weight excluding hydrogens is 739 g/mol. The maximum absolute atomic E-state index is 11.2. The Morgan fingerprint density at radius 3 is 1.49 bits per heavy atom. The molecule has 0 radical (unpaired) electrons. The van der Waals surface area contributed by atoms with Gasteiger partial charge in [-0.2, -0.15) is 10.5 Å². The van der Waals surface area contributed by atoms with E-state index >= 15 is 0 Å². The fourth-order valence-electron chi connectivity index (χ4n) is 5.51. The summed E-state index contributed by atoms with van der Waals surface area (Å²) < 4.78 is 4.72. The lowest BCUT2D eigenvalue weighted by atomic mass is 10.1. The van der Waals surface area contributed by atoms with Crippen molar-refractivity contribution in [2.75, 3.05) is 4.90 Å². The molecule has 256 valence electrons. The predicted octanol–water partition coefficient (Wildman–Crippen LogP) is 12.1. The number of carboxylic acids is 1. The Kier molecular flexibility index (Phi) is 10.5. The van der Waals surface area contributed by atoms with Gasteiger partial charge in [0.1, 0.15) is 17.7 Å². The number of rotatable bonds is 12. The lowest BCUT2D eigenvalue weighted by Crippen LogP contribution is -2.09. The second kappa shape index (κ2) is 15.9. The molecule has 1 N–H and O–H groups in total. The van der Waals surface area contributed by atoms with Gasteiger partial charge in [0.05, 0.1) is 0 Å². The largest absolute Gasteiger partial charge is 0.477 e. The second-order valence-electron chi connectivity index (χ2n) is 11.3. The number of carbonyl (C=O) groups is 2. The van der Waals surface area contributed by atoms with E-state index in [1.54, 1.807) is 34.8 Å². The van der Waals surface area contributed by atoms with E-state index in [0.29, 0.717) is 4.88 Å². The number of benzene rings is 3. The smallest absolute Gasteiger partial charge is 0.346 e. The normalized spacial score (nSPS) is 11.4. The van der Waals surface area contributed by atoms with Crippen LogP contribution in [0.25, 0.3) is 52.5 Å². The second-order valence-corrected chi connectivity index (χ2v) is 15.7. The lowest BCUT2D eigenvalue weighted by Gasteiger charge is -2.25. The van der Waals surface area contributed by atoms with Crippen molar-refractivity contribution in [1.29, 1.82) is 10.5 Å². The van der Waals surface area contributed by atoms with Gasteiger partial charge in [-0.15, -0.1) is 45.3 Å². The topological polar surface area (TPSA) is 114 Å². The number of hydrogen-bond acceptors (Lipinski definition) is 10. The van der Waals surface area contributed by atoms with Crippen molar-refractivity contribution >= 4 is 87.0 Å². The summed E-state index contributed by atoms with van der Waals surface area (Å²) >= 11 is 6.33. The molecule has 7 aromatic rings. The number of thiophene rings is 4. The van der Waals surface area contributed by atoms with Crippen LogP contribution in [-0.2, 0) is 14.3 Å². The lowest BCUT2D eigenvalue weighted by molar-refractivity contribution is -0.132. The monoisotopic (exact) mass is 763 g/mol. The van der Waals surface area contributed by atoms with Crippen LogP contribution in [0.4, 0.5) is 17.1 Å². The van der Waals surface area contributed by atoms with Crippen LogP contribution in [0.15, 0.2) is 139 Å². The molecule has 4 heterocycles. The van der Waals surface area contributed by atoms with E-state index < -0.39 is 5.97 Å². The van der Waals surface area contributed by atoms with E-state index in [-0.39, 0.29) is 17.8 Å². The van der Waals surface area contributed by atoms with Crippen LogP contribution >= 0.6 is 45.3 Å². The molecule has 0 amide bonds. The quantitative estimate of drug-likeness (QED) is 0.0570. The highest BCUT2D eigenvalue weighted by Crippen LogP contribution is 2.42. The molecule has 0 unspecified atom stereocenters. The maximum Gasteiger partial charge on any atom is 0.346 e. The number of anilines is 3.